The molecule has 1 N–H and O–H groups in total. The number of nitrogens with zero attached hydrogens (tertiary/aromatic N) is 5. The zero-order valence-corrected chi connectivity index (χ0v) is 17.0. The van der Waals surface area contributed by atoms with E-state index < -0.39 is 0 Å². The van der Waals surface area contributed by atoms with Crippen molar-refractivity contribution in [3.63, 3.8) is 0 Å². The molecule has 9 nitrogen and oxygen atoms in total. The van der Waals surface area contributed by atoms with Crippen molar-refractivity contribution < 1.29 is 14.3 Å². The lowest BCUT2D eigenvalue weighted by molar-refractivity contribution is -0.123. The Bertz CT molecular complexity index is 848. The molecule has 0 spiro atoms. The summed E-state index contributed by atoms with van der Waals surface area (Å²) in [6, 6.07) is 9.52. The number of carbonyl (C=O) groups is 1. The van der Waals surface area contributed by atoms with Gasteiger partial charge >= 0.3 is 0 Å². The first-order valence-corrected chi connectivity index (χ1v) is 9.42. The molecule has 0 aliphatic carbocycles. The van der Waals surface area contributed by atoms with Gasteiger partial charge in [-0.15, -0.1) is 0 Å². The first-order chi connectivity index (χ1) is 14.0. The van der Waals surface area contributed by atoms with Gasteiger partial charge in [-0.25, -0.2) is 10.4 Å². The van der Waals surface area contributed by atoms with Gasteiger partial charge in [0.2, 0.25) is 11.8 Å². The Morgan fingerprint density at radius 3 is 2.69 bits per heavy atom. The molecule has 2 heterocycles. The van der Waals surface area contributed by atoms with E-state index in [2.05, 4.69) is 20.5 Å². The summed E-state index contributed by atoms with van der Waals surface area (Å²) in [5.74, 6) is 0.579. The number of anilines is 2. The number of nitrogens with one attached hydrogen (secondary N) is 1. The molecular weight excluding hydrogens is 372 g/mol. The zero-order chi connectivity index (χ0) is 20.6. The summed E-state index contributed by atoms with van der Waals surface area (Å²) in [4.78, 5) is 24.9. The van der Waals surface area contributed by atoms with Gasteiger partial charge < -0.3 is 19.3 Å². The van der Waals surface area contributed by atoms with Crippen molar-refractivity contribution >= 4 is 23.8 Å². The van der Waals surface area contributed by atoms with Crippen molar-refractivity contribution in [2.75, 3.05) is 56.8 Å². The highest BCUT2D eigenvalue weighted by atomic mass is 16.5. The van der Waals surface area contributed by atoms with Gasteiger partial charge in [-0.1, -0.05) is 12.1 Å². The van der Waals surface area contributed by atoms with E-state index >= 15 is 0 Å². The third-order valence-corrected chi connectivity index (χ3v) is 4.28. The third-order valence-electron chi connectivity index (χ3n) is 4.28. The Hall–Kier alpha value is -3.20. The fourth-order valence-electron chi connectivity index (χ4n) is 2.71. The number of carbonyl (C=O) groups excluding carboxylic acids is 1. The topological polar surface area (TPSA) is 92.2 Å². The van der Waals surface area contributed by atoms with Gasteiger partial charge in [0, 0.05) is 44.6 Å². The molecule has 3 rings (SSSR count). The van der Waals surface area contributed by atoms with Crippen LogP contribution in [-0.2, 0) is 9.53 Å². The van der Waals surface area contributed by atoms with Crippen molar-refractivity contribution in [2.45, 2.75) is 6.92 Å². The molecule has 2 aromatic rings. The summed E-state index contributed by atoms with van der Waals surface area (Å²) in [6.07, 6.45) is 1.59. The Morgan fingerprint density at radius 1 is 1.28 bits per heavy atom. The highest BCUT2D eigenvalue weighted by Crippen LogP contribution is 2.16. The van der Waals surface area contributed by atoms with E-state index in [1.165, 1.54) is 0 Å². The average molecular weight is 398 g/mol. The maximum atomic E-state index is 12.0. The summed E-state index contributed by atoms with van der Waals surface area (Å²) in [5, 5.41) is 3.96. The summed E-state index contributed by atoms with van der Waals surface area (Å²) in [6.45, 7) is 4.43. The molecule has 1 aromatic heterocycles. The standard InChI is InChI=1S/C20H26N6O3/c1-15-12-19(23-20(22-15)26-8-10-28-11-9-26)29-14-18(27)24-21-13-16-4-6-17(7-5-16)25(2)3/h4-7,12-13H,8-11,14H2,1-3H3,(H,24,27). The van der Waals surface area contributed by atoms with Crippen molar-refractivity contribution in [2.24, 2.45) is 5.10 Å². The lowest BCUT2D eigenvalue weighted by atomic mass is 10.2. The molecule has 1 aromatic carbocycles. The van der Waals surface area contributed by atoms with Crippen LogP contribution in [0.3, 0.4) is 0 Å². The lowest BCUT2D eigenvalue weighted by Crippen LogP contribution is -2.37. The number of benzene rings is 1. The van der Waals surface area contributed by atoms with Gasteiger partial charge in [0.25, 0.3) is 5.91 Å². The molecular formula is C20H26N6O3. The first kappa shape index (κ1) is 20.5. The number of hydrogen-bond acceptors (Lipinski definition) is 8. The van der Waals surface area contributed by atoms with Crippen molar-refractivity contribution in [1.82, 2.24) is 15.4 Å². The maximum absolute atomic E-state index is 12.0. The fourth-order valence-corrected chi connectivity index (χ4v) is 2.71. The molecule has 0 atom stereocenters. The number of amides is 1. The number of rotatable bonds is 7. The number of hydrogen-bond donors (Lipinski definition) is 1. The predicted molar refractivity (Wildman–Crippen MR) is 112 cm³/mol. The number of aromatic nitrogens is 2. The van der Waals surface area contributed by atoms with E-state index in [9.17, 15) is 4.79 Å². The molecule has 154 valence electrons. The van der Waals surface area contributed by atoms with Crippen LogP contribution in [0.4, 0.5) is 11.6 Å². The second-order valence-electron chi connectivity index (χ2n) is 6.81. The largest absolute Gasteiger partial charge is 0.467 e. The minimum Gasteiger partial charge on any atom is -0.467 e. The van der Waals surface area contributed by atoms with Crippen molar-refractivity contribution in [3.05, 3.63) is 41.6 Å². The maximum Gasteiger partial charge on any atom is 0.278 e. The SMILES string of the molecule is Cc1cc(OCC(=O)NN=Cc2ccc(N(C)C)cc2)nc(N2CCOCC2)n1. The van der Waals surface area contributed by atoms with Crippen LogP contribution in [0.2, 0.25) is 0 Å². The molecule has 1 aliphatic rings. The van der Waals surface area contributed by atoms with Crippen molar-refractivity contribution in [1.29, 1.82) is 0 Å². The monoisotopic (exact) mass is 398 g/mol. The summed E-state index contributed by atoms with van der Waals surface area (Å²) < 4.78 is 10.9. The van der Waals surface area contributed by atoms with E-state index in [1.54, 1.807) is 12.3 Å². The summed E-state index contributed by atoms with van der Waals surface area (Å²) in [5.41, 5.74) is 5.21. The van der Waals surface area contributed by atoms with E-state index in [0.717, 1.165) is 30.0 Å². The van der Waals surface area contributed by atoms with Gasteiger partial charge in [-0.3, -0.25) is 4.79 Å². The molecule has 1 saturated heterocycles. The molecule has 1 aliphatic heterocycles. The normalized spacial score (nSPS) is 14.1. The Balaban J connectivity index is 1.50. The second kappa shape index (κ2) is 9.83. The van der Waals surface area contributed by atoms with E-state index in [-0.39, 0.29) is 12.5 Å². The Kier molecular flexibility index (Phi) is 6.96. The number of morpholine rings is 1. The first-order valence-electron chi connectivity index (χ1n) is 9.42. The Labute approximate surface area is 170 Å². The summed E-state index contributed by atoms with van der Waals surface area (Å²) >= 11 is 0. The molecule has 0 radical (unpaired) electrons. The molecule has 1 amide bonds. The van der Waals surface area contributed by atoms with Crippen LogP contribution >= 0.6 is 0 Å². The van der Waals surface area contributed by atoms with Crippen LogP contribution in [0, 0.1) is 6.92 Å². The van der Waals surface area contributed by atoms with Gasteiger partial charge in [0.05, 0.1) is 19.4 Å². The lowest BCUT2D eigenvalue weighted by Gasteiger charge is -2.27. The van der Waals surface area contributed by atoms with Crippen LogP contribution < -0.4 is 20.0 Å². The summed E-state index contributed by atoms with van der Waals surface area (Å²) in [7, 11) is 3.96. The molecule has 9 heteroatoms. The van der Waals surface area contributed by atoms with E-state index in [1.807, 2.05) is 55.1 Å². The minimum absolute atomic E-state index is 0.185. The van der Waals surface area contributed by atoms with Crippen LogP contribution in [0.1, 0.15) is 11.3 Å². The predicted octanol–water partition coefficient (Wildman–Crippen LogP) is 1.22. The third kappa shape index (κ3) is 6.15. The highest BCUT2D eigenvalue weighted by Gasteiger charge is 2.15. The number of aryl methyl sites for hydroxylation is 1. The van der Waals surface area contributed by atoms with E-state index in [0.29, 0.717) is 25.0 Å². The van der Waals surface area contributed by atoms with Crippen molar-refractivity contribution in [3.8, 4) is 5.88 Å². The minimum atomic E-state index is -0.365. The van der Waals surface area contributed by atoms with Crippen LogP contribution in [-0.4, -0.2) is 69.1 Å². The Morgan fingerprint density at radius 2 is 2.00 bits per heavy atom. The molecule has 1 fully saturated rings. The highest BCUT2D eigenvalue weighted by molar-refractivity contribution is 5.83. The van der Waals surface area contributed by atoms with Gasteiger partial charge in [-0.05, 0) is 24.6 Å². The van der Waals surface area contributed by atoms with E-state index in [4.69, 9.17) is 9.47 Å². The van der Waals surface area contributed by atoms with Crippen LogP contribution in [0.25, 0.3) is 0 Å². The quantitative estimate of drug-likeness (QED) is 0.554. The second-order valence-corrected chi connectivity index (χ2v) is 6.81. The molecule has 0 unspecified atom stereocenters. The molecule has 0 bridgehead atoms. The number of hydrazone groups is 1. The van der Waals surface area contributed by atoms with Gasteiger partial charge in [0.15, 0.2) is 6.61 Å². The number of ether oxygens (including phenoxy) is 2. The smallest absolute Gasteiger partial charge is 0.278 e. The average Bonchev–Trinajstić information content (AvgIpc) is 2.73. The zero-order valence-electron chi connectivity index (χ0n) is 17.0. The van der Waals surface area contributed by atoms with Crippen LogP contribution in [0.5, 0.6) is 5.88 Å². The van der Waals surface area contributed by atoms with Gasteiger partial charge in [-0.2, -0.15) is 10.1 Å². The fraction of sp³-hybridized carbons (Fsp3) is 0.400. The van der Waals surface area contributed by atoms with Crippen LogP contribution in [0.15, 0.2) is 35.4 Å². The van der Waals surface area contributed by atoms with Gasteiger partial charge in [0.1, 0.15) is 0 Å². The molecule has 29 heavy (non-hydrogen) atoms. The molecule has 0 saturated carbocycles.